The first kappa shape index (κ1) is 20.6. The van der Waals surface area contributed by atoms with Crippen LogP contribution in [0.1, 0.15) is 35.0 Å². The molecule has 0 aromatic carbocycles. The monoisotopic (exact) mass is 414 g/mol. The maximum atomic E-state index is 14.4. The van der Waals surface area contributed by atoms with Gasteiger partial charge in [0.1, 0.15) is 11.5 Å². The van der Waals surface area contributed by atoms with Crippen LogP contribution in [0.15, 0.2) is 35.6 Å². The first-order valence-corrected chi connectivity index (χ1v) is 8.36. The van der Waals surface area contributed by atoms with E-state index in [0.717, 1.165) is 18.5 Å². The van der Waals surface area contributed by atoms with Gasteiger partial charge in [-0.1, -0.05) is 0 Å². The number of carbonyl (C=O) groups excluding carboxylic acids is 1. The molecular weight excluding hydrogens is 399 g/mol. The van der Waals surface area contributed by atoms with Gasteiger partial charge in [0, 0.05) is 24.6 Å². The number of aromatic nitrogens is 2. The van der Waals surface area contributed by atoms with Gasteiger partial charge in [-0.3, -0.25) is 9.78 Å². The molecule has 1 aliphatic heterocycles. The largest absolute Gasteiger partial charge is 0.452 e. The summed E-state index contributed by atoms with van der Waals surface area (Å²) < 4.78 is 71.2. The summed E-state index contributed by atoms with van der Waals surface area (Å²) in [6.45, 7) is 1.27. The van der Waals surface area contributed by atoms with Crippen molar-refractivity contribution < 1.29 is 31.5 Å². The molecule has 3 rings (SSSR count). The fourth-order valence-electron chi connectivity index (χ4n) is 3.00. The molecule has 0 aliphatic carbocycles. The lowest BCUT2D eigenvalue weighted by Gasteiger charge is -2.35. The molecule has 154 valence electrons. The number of Topliss-reactive ketones (excluding diaryl/α,β-unsaturated/α-hetero) is 1. The van der Waals surface area contributed by atoms with Crippen molar-refractivity contribution in [3.05, 3.63) is 59.2 Å². The number of nitrogens with two attached hydrogens (primary N) is 1. The Hall–Kier alpha value is -3.11. The Morgan fingerprint density at radius 1 is 1.28 bits per heavy atom. The van der Waals surface area contributed by atoms with Crippen LogP contribution in [-0.4, -0.2) is 34.1 Å². The van der Waals surface area contributed by atoms with Crippen LogP contribution in [0.3, 0.4) is 0 Å². The quantitative estimate of drug-likeness (QED) is 0.472. The topological polar surface area (TPSA) is 90.5 Å². The van der Waals surface area contributed by atoms with Crippen molar-refractivity contribution in [2.45, 2.75) is 37.6 Å². The van der Waals surface area contributed by atoms with E-state index in [1.54, 1.807) is 0 Å². The number of amidine groups is 1. The number of pyridine rings is 2. The molecule has 0 radical (unpaired) electrons. The molecule has 2 atom stereocenters. The van der Waals surface area contributed by atoms with Gasteiger partial charge >= 0.3 is 6.18 Å². The third kappa shape index (κ3) is 4.49. The predicted octanol–water partition coefficient (Wildman–Crippen LogP) is 3.06. The summed E-state index contributed by atoms with van der Waals surface area (Å²) in [7, 11) is 0. The van der Waals surface area contributed by atoms with Gasteiger partial charge in [-0.2, -0.15) is 17.6 Å². The van der Waals surface area contributed by atoms with Gasteiger partial charge < -0.3 is 10.5 Å². The van der Waals surface area contributed by atoms with E-state index >= 15 is 0 Å². The minimum atomic E-state index is -4.73. The fourth-order valence-corrected chi connectivity index (χ4v) is 3.00. The molecule has 11 heteroatoms. The lowest BCUT2D eigenvalue weighted by molar-refractivity contribution is -0.208. The van der Waals surface area contributed by atoms with Crippen molar-refractivity contribution in [1.29, 1.82) is 0 Å². The minimum absolute atomic E-state index is 0.0195. The number of halogens is 5. The van der Waals surface area contributed by atoms with Crippen LogP contribution in [0.2, 0.25) is 0 Å². The van der Waals surface area contributed by atoms with Crippen LogP contribution >= 0.6 is 0 Å². The average Bonchev–Trinajstić information content (AvgIpc) is 2.62. The number of ketones is 1. The zero-order valence-corrected chi connectivity index (χ0v) is 15.0. The van der Waals surface area contributed by atoms with Gasteiger partial charge in [-0.15, -0.1) is 0 Å². The highest BCUT2D eigenvalue weighted by atomic mass is 19.4. The van der Waals surface area contributed by atoms with E-state index in [4.69, 9.17) is 5.73 Å². The summed E-state index contributed by atoms with van der Waals surface area (Å²) in [6, 6.07) is 2.73. The SMILES string of the molecule is C[C@@]1(c2cc(CC(=O)c3ccc(F)cn3)cnc2F)C[C@@H](C(F)(F)F)OC(N)=N1. The van der Waals surface area contributed by atoms with E-state index in [1.807, 2.05) is 0 Å². The van der Waals surface area contributed by atoms with Crippen LogP contribution in [-0.2, 0) is 16.7 Å². The Labute approximate surface area is 161 Å². The van der Waals surface area contributed by atoms with E-state index in [-0.39, 0.29) is 23.2 Å². The zero-order chi connectivity index (χ0) is 21.4. The minimum Gasteiger partial charge on any atom is -0.452 e. The highest BCUT2D eigenvalue weighted by Crippen LogP contribution is 2.40. The maximum Gasteiger partial charge on any atom is 0.425 e. The Bertz CT molecular complexity index is 962. The third-order valence-electron chi connectivity index (χ3n) is 4.42. The van der Waals surface area contributed by atoms with Crippen LogP contribution < -0.4 is 5.73 Å². The van der Waals surface area contributed by atoms with Gasteiger partial charge in [-0.25, -0.2) is 14.4 Å². The van der Waals surface area contributed by atoms with Crippen molar-refractivity contribution in [2.75, 3.05) is 0 Å². The molecule has 0 saturated carbocycles. The summed E-state index contributed by atoms with van der Waals surface area (Å²) in [4.78, 5) is 23.3. The van der Waals surface area contributed by atoms with Crippen LogP contribution in [0.4, 0.5) is 22.0 Å². The Balaban J connectivity index is 1.91. The number of alkyl halides is 3. The van der Waals surface area contributed by atoms with Gasteiger partial charge in [-0.05, 0) is 30.7 Å². The number of carbonyl (C=O) groups is 1. The predicted molar refractivity (Wildman–Crippen MR) is 90.9 cm³/mol. The lowest BCUT2D eigenvalue weighted by Crippen LogP contribution is -2.46. The smallest absolute Gasteiger partial charge is 0.425 e. The molecular formula is C18H15F5N4O2. The molecule has 2 N–H and O–H groups in total. The number of aliphatic imine (C=N–C) groups is 1. The summed E-state index contributed by atoms with van der Waals surface area (Å²) in [5.74, 6) is -2.16. The molecule has 0 spiro atoms. The van der Waals surface area contributed by atoms with E-state index in [1.165, 1.54) is 19.1 Å². The van der Waals surface area contributed by atoms with E-state index in [0.29, 0.717) is 0 Å². The fraction of sp³-hybridized carbons (Fsp3) is 0.333. The van der Waals surface area contributed by atoms with Crippen molar-refractivity contribution in [3.8, 4) is 0 Å². The van der Waals surface area contributed by atoms with Gasteiger partial charge in [0.25, 0.3) is 6.02 Å². The molecule has 0 saturated heterocycles. The van der Waals surface area contributed by atoms with Gasteiger partial charge in [0.05, 0.1) is 11.7 Å². The molecule has 0 bridgehead atoms. The number of nitrogens with zero attached hydrogens (tertiary/aromatic N) is 3. The molecule has 0 amide bonds. The van der Waals surface area contributed by atoms with Gasteiger partial charge in [0.2, 0.25) is 5.95 Å². The van der Waals surface area contributed by atoms with Crippen molar-refractivity contribution in [3.63, 3.8) is 0 Å². The van der Waals surface area contributed by atoms with E-state index < -0.39 is 47.8 Å². The normalized spacial score (nSPS) is 22.0. The summed E-state index contributed by atoms with van der Waals surface area (Å²) in [6.07, 6.45) is -6.03. The van der Waals surface area contributed by atoms with Crippen molar-refractivity contribution >= 4 is 11.8 Å². The van der Waals surface area contributed by atoms with Crippen LogP contribution in [0, 0.1) is 11.8 Å². The Morgan fingerprint density at radius 3 is 2.62 bits per heavy atom. The maximum absolute atomic E-state index is 14.4. The second-order valence-corrected chi connectivity index (χ2v) is 6.72. The molecule has 2 aromatic rings. The Morgan fingerprint density at radius 2 is 2.00 bits per heavy atom. The summed E-state index contributed by atoms with van der Waals surface area (Å²) in [5, 5.41) is 0. The summed E-state index contributed by atoms with van der Waals surface area (Å²) in [5.41, 5.74) is 3.63. The molecule has 29 heavy (non-hydrogen) atoms. The average molecular weight is 414 g/mol. The number of rotatable bonds is 4. The number of hydrogen-bond acceptors (Lipinski definition) is 6. The lowest BCUT2D eigenvalue weighted by atomic mass is 9.85. The first-order valence-electron chi connectivity index (χ1n) is 8.36. The highest BCUT2D eigenvalue weighted by molar-refractivity contribution is 5.95. The number of ether oxygens (including phenoxy) is 1. The molecule has 0 fully saturated rings. The molecule has 1 aliphatic rings. The molecule has 3 heterocycles. The molecule has 2 aromatic heterocycles. The van der Waals surface area contributed by atoms with Gasteiger partial charge in [0.15, 0.2) is 11.9 Å². The molecule has 0 unspecified atom stereocenters. The first-order chi connectivity index (χ1) is 13.5. The Kier molecular flexibility index (Phi) is 5.24. The van der Waals surface area contributed by atoms with E-state index in [2.05, 4.69) is 19.7 Å². The van der Waals surface area contributed by atoms with Crippen LogP contribution in [0.25, 0.3) is 0 Å². The summed E-state index contributed by atoms with van der Waals surface area (Å²) >= 11 is 0. The highest BCUT2D eigenvalue weighted by Gasteiger charge is 2.50. The zero-order valence-electron chi connectivity index (χ0n) is 15.0. The van der Waals surface area contributed by atoms with E-state index in [9.17, 15) is 26.7 Å². The second kappa shape index (κ2) is 7.37. The standard InChI is InChI=1S/C18H15F5N4O2/c1-17(6-14(18(21,22)23)29-16(24)27-17)11-4-9(7-26-15(11)20)5-13(28)12-3-2-10(19)8-25-12/h2-4,7-8,14H,5-6H2,1H3,(H2,24,27)/t14-,17-/m0/s1. The third-order valence-corrected chi connectivity index (χ3v) is 4.42. The molecule has 6 nitrogen and oxygen atoms in total. The number of hydrogen-bond donors (Lipinski definition) is 1. The van der Waals surface area contributed by atoms with Crippen molar-refractivity contribution in [1.82, 2.24) is 9.97 Å². The second-order valence-electron chi connectivity index (χ2n) is 6.72. The van der Waals surface area contributed by atoms with Crippen LogP contribution in [0.5, 0.6) is 0 Å². The van der Waals surface area contributed by atoms with Crippen molar-refractivity contribution in [2.24, 2.45) is 10.7 Å².